The zero-order chi connectivity index (χ0) is 17.3. The number of likely N-dealkylation sites (tertiary alicyclic amines) is 1. The fraction of sp³-hybridized carbons (Fsp3) is 0.400. The van der Waals surface area contributed by atoms with Crippen molar-refractivity contribution >= 4 is 45.2 Å². The molecule has 0 bridgehead atoms. The molecule has 7 nitrogen and oxygen atoms in total. The van der Waals surface area contributed by atoms with Crippen molar-refractivity contribution in [1.29, 1.82) is 0 Å². The van der Waals surface area contributed by atoms with E-state index in [0.717, 1.165) is 16.0 Å². The van der Waals surface area contributed by atoms with Gasteiger partial charge in [-0.1, -0.05) is 22.9 Å². The van der Waals surface area contributed by atoms with Crippen LogP contribution in [0.25, 0.3) is 10.2 Å². The van der Waals surface area contributed by atoms with Crippen molar-refractivity contribution < 1.29 is 14.3 Å². The molecule has 9 heteroatoms. The van der Waals surface area contributed by atoms with Gasteiger partial charge in [-0.3, -0.25) is 14.2 Å². The first-order valence-corrected chi connectivity index (χ1v) is 8.66. The lowest BCUT2D eigenvalue weighted by atomic mass is 10.1. The van der Waals surface area contributed by atoms with E-state index >= 15 is 0 Å². The number of hydrogen-bond donors (Lipinski definition) is 1. The molecule has 24 heavy (non-hydrogen) atoms. The fourth-order valence-electron chi connectivity index (χ4n) is 2.81. The van der Waals surface area contributed by atoms with Crippen molar-refractivity contribution in [1.82, 2.24) is 9.47 Å². The summed E-state index contributed by atoms with van der Waals surface area (Å²) in [6.07, 6.45) is 0.0301. The molecule has 128 valence electrons. The van der Waals surface area contributed by atoms with Crippen LogP contribution in [-0.4, -0.2) is 40.7 Å². The molecule has 3 rings (SSSR count). The van der Waals surface area contributed by atoms with Gasteiger partial charge in [0.1, 0.15) is 12.6 Å². The quantitative estimate of drug-likeness (QED) is 0.892. The molecule has 1 aliphatic heterocycles. The SMILES string of the molecule is NC(=O)OC1CCN(C(=O)Cn2c(=O)sc3ccc(Cl)cc32)CC1. The Morgan fingerprint density at radius 1 is 1.33 bits per heavy atom. The van der Waals surface area contributed by atoms with Crippen LogP contribution < -0.4 is 10.6 Å². The molecule has 0 aliphatic carbocycles. The Bertz CT molecular complexity index is 839. The second-order valence-electron chi connectivity index (χ2n) is 5.58. The van der Waals surface area contributed by atoms with Gasteiger partial charge >= 0.3 is 11.0 Å². The lowest BCUT2D eigenvalue weighted by molar-refractivity contribution is -0.133. The molecule has 1 aromatic carbocycles. The summed E-state index contributed by atoms with van der Waals surface area (Å²) in [5.74, 6) is -0.144. The number of aromatic nitrogens is 1. The molecule has 2 heterocycles. The summed E-state index contributed by atoms with van der Waals surface area (Å²) in [6.45, 7) is 0.906. The Balaban J connectivity index is 1.70. The molecule has 0 unspecified atom stereocenters. The maximum absolute atomic E-state index is 12.5. The number of nitrogens with two attached hydrogens (primary N) is 1. The van der Waals surface area contributed by atoms with Crippen molar-refractivity contribution in [2.75, 3.05) is 13.1 Å². The molecule has 2 amide bonds. The second kappa shape index (κ2) is 6.82. The largest absolute Gasteiger partial charge is 0.446 e. The topological polar surface area (TPSA) is 94.6 Å². The number of piperidine rings is 1. The van der Waals surface area contributed by atoms with Crippen molar-refractivity contribution in [3.63, 3.8) is 0 Å². The summed E-state index contributed by atoms with van der Waals surface area (Å²) in [5.41, 5.74) is 5.66. The van der Waals surface area contributed by atoms with Crippen LogP contribution in [0.5, 0.6) is 0 Å². The molecule has 0 spiro atoms. The first kappa shape index (κ1) is 16.8. The average Bonchev–Trinajstić information content (AvgIpc) is 2.83. The Morgan fingerprint density at radius 2 is 2.04 bits per heavy atom. The highest BCUT2D eigenvalue weighted by Gasteiger charge is 2.25. The number of fused-ring (bicyclic) bond motifs is 1. The molecule has 0 atom stereocenters. The summed E-state index contributed by atoms with van der Waals surface area (Å²) in [7, 11) is 0. The van der Waals surface area contributed by atoms with E-state index in [1.807, 2.05) is 0 Å². The zero-order valence-corrected chi connectivity index (χ0v) is 14.3. The number of carbonyl (C=O) groups is 2. The number of ether oxygens (including phenoxy) is 1. The minimum atomic E-state index is -0.798. The standard InChI is InChI=1S/C15H16ClN3O4S/c16-9-1-2-12-11(7-9)19(15(22)24-12)8-13(20)18-5-3-10(4-6-18)23-14(17)21/h1-2,7,10H,3-6,8H2,(H2,17,21). The predicted molar refractivity (Wildman–Crippen MR) is 91.4 cm³/mol. The summed E-state index contributed by atoms with van der Waals surface area (Å²) in [5, 5.41) is 0.519. The van der Waals surface area contributed by atoms with E-state index in [2.05, 4.69) is 0 Å². The molecule has 1 saturated heterocycles. The molecule has 2 N–H and O–H groups in total. The highest BCUT2D eigenvalue weighted by molar-refractivity contribution is 7.16. The van der Waals surface area contributed by atoms with Gasteiger partial charge in [0, 0.05) is 31.0 Å². The lowest BCUT2D eigenvalue weighted by Gasteiger charge is -2.31. The van der Waals surface area contributed by atoms with Gasteiger partial charge in [0.05, 0.1) is 10.2 Å². The van der Waals surface area contributed by atoms with Crippen LogP contribution in [0.1, 0.15) is 12.8 Å². The number of hydrogen-bond acceptors (Lipinski definition) is 5. The van der Waals surface area contributed by atoms with E-state index in [4.69, 9.17) is 22.1 Å². The van der Waals surface area contributed by atoms with Gasteiger partial charge in [-0.05, 0) is 18.2 Å². The summed E-state index contributed by atoms with van der Waals surface area (Å²) in [6, 6.07) is 5.18. The van der Waals surface area contributed by atoms with Gasteiger partial charge in [0.25, 0.3) is 0 Å². The van der Waals surface area contributed by atoms with Gasteiger partial charge in [0.15, 0.2) is 0 Å². The molecule has 1 fully saturated rings. The van der Waals surface area contributed by atoms with Gasteiger partial charge in [-0.15, -0.1) is 0 Å². The molecular formula is C15H16ClN3O4S. The van der Waals surface area contributed by atoms with Gasteiger partial charge in [0.2, 0.25) is 5.91 Å². The van der Waals surface area contributed by atoms with E-state index in [1.54, 1.807) is 23.1 Å². The van der Waals surface area contributed by atoms with Crippen LogP contribution in [0, 0.1) is 0 Å². The van der Waals surface area contributed by atoms with Crippen molar-refractivity contribution in [2.45, 2.75) is 25.5 Å². The number of thiazole rings is 1. The fourth-order valence-corrected chi connectivity index (χ4v) is 3.84. The monoisotopic (exact) mass is 369 g/mol. The molecule has 0 radical (unpaired) electrons. The Hall–Kier alpha value is -2.06. The normalized spacial score (nSPS) is 15.6. The van der Waals surface area contributed by atoms with Gasteiger partial charge in [-0.2, -0.15) is 0 Å². The van der Waals surface area contributed by atoms with E-state index in [1.165, 1.54) is 4.57 Å². The third kappa shape index (κ3) is 3.54. The predicted octanol–water partition coefficient (Wildman–Crippen LogP) is 1.80. The third-order valence-electron chi connectivity index (χ3n) is 4.00. The zero-order valence-electron chi connectivity index (χ0n) is 12.7. The summed E-state index contributed by atoms with van der Waals surface area (Å²) >= 11 is 7.07. The van der Waals surface area contributed by atoms with E-state index in [-0.39, 0.29) is 23.4 Å². The summed E-state index contributed by atoms with van der Waals surface area (Å²) in [4.78, 5) is 36.9. The first-order valence-electron chi connectivity index (χ1n) is 7.47. The number of benzene rings is 1. The number of amides is 2. The molecule has 1 aliphatic rings. The molecular weight excluding hydrogens is 354 g/mol. The number of carbonyl (C=O) groups excluding carboxylic acids is 2. The van der Waals surface area contributed by atoms with Crippen LogP contribution in [0.3, 0.4) is 0 Å². The molecule has 0 saturated carbocycles. The smallest absolute Gasteiger partial charge is 0.404 e. The van der Waals surface area contributed by atoms with E-state index in [0.29, 0.717) is 36.5 Å². The number of halogens is 1. The van der Waals surface area contributed by atoms with Crippen LogP contribution in [0.15, 0.2) is 23.0 Å². The van der Waals surface area contributed by atoms with Crippen molar-refractivity contribution in [3.8, 4) is 0 Å². The van der Waals surface area contributed by atoms with E-state index < -0.39 is 6.09 Å². The third-order valence-corrected chi connectivity index (χ3v) is 5.20. The van der Waals surface area contributed by atoms with Crippen LogP contribution >= 0.6 is 22.9 Å². The highest BCUT2D eigenvalue weighted by Crippen LogP contribution is 2.22. The average molecular weight is 370 g/mol. The minimum Gasteiger partial charge on any atom is -0.446 e. The Labute approximate surface area is 146 Å². The maximum Gasteiger partial charge on any atom is 0.404 e. The van der Waals surface area contributed by atoms with Crippen LogP contribution in [0.2, 0.25) is 5.02 Å². The summed E-state index contributed by atoms with van der Waals surface area (Å²) < 4.78 is 7.19. The van der Waals surface area contributed by atoms with E-state index in [9.17, 15) is 14.4 Å². The van der Waals surface area contributed by atoms with Crippen molar-refractivity contribution in [3.05, 3.63) is 32.9 Å². The van der Waals surface area contributed by atoms with Crippen molar-refractivity contribution in [2.24, 2.45) is 5.73 Å². The molecule has 2 aromatic rings. The van der Waals surface area contributed by atoms with Gasteiger partial charge < -0.3 is 15.4 Å². The first-order chi connectivity index (χ1) is 11.4. The maximum atomic E-state index is 12.5. The van der Waals surface area contributed by atoms with Crippen LogP contribution in [-0.2, 0) is 16.1 Å². The Kier molecular flexibility index (Phi) is 4.77. The minimum absolute atomic E-state index is 0.0273. The second-order valence-corrected chi connectivity index (χ2v) is 7.01. The number of rotatable bonds is 3. The highest BCUT2D eigenvalue weighted by atomic mass is 35.5. The Morgan fingerprint density at radius 3 is 2.71 bits per heavy atom. The lowest BCUT2D eigenvalue weighted by Crippen LogP contribution is -2.43. The van der Waals surface area contributed by atoms with Gasteiger partial charge in [-0.25, -0.2) is 4.79 Å². The van der Waals surface area contributed by atoms with Crippen LogP contribution in [0.4, 0.5) is 4.79 Å². The number of primary amides is 1. The number of nitrogens with zero attached hydrogens (tertiary/aromatic N) is 2. The molecule has 1 aromatic heterocycles.